The lowest BCUT2D eigenvalue weighted by Gasteiger charge is -2.13. The molecule has 1 aliphatic heterocycles. The molecule has 5 heteroatoms. The van der Waals surface area contributed by atoms with E-state index in [-0.39, 0.29) is 0 Å². The molecule has 0 saturated carbocycles. The summed E-state index contributed by atoms with van der Waals surface area (Å²) >= 11 is 0. The molecule has 2 aromatic rings. The highest BCUT2D eigenvalue weighted by molar-refractivity contribution is 5.55. The van der Waals surface area contributed by atoms with Gasteiger partial charge in [0.05, 0.1) is 6.20 Å². The molecule has 0 fully saturated rings. The molecule has 3 heterocycles. The monoisotopic (exact) mass is 204 g/mol. The maximum atomic E-state index is 5.28. The van der Waals surface area contributed by atoms with Gasteiger partial charge in [-0.25, -0.2) is 4.98 Å². The zero-order valence-electron chi connectivity index (χ0n) is 8.53. The quantitative estimate of drug-likeness (QED) is 0.743. The molecule has 0 aromatic carbocycles. The first-order chi connectivity index (χ1) is 7.36. The summed E-state index contributed by atoms with van der Waals surface area (Å²) < 4.78 is 7.21. The van der Waals surface area contributed by atoms with Crippen LogP contribution in [0.4, 0.5) is 0 Å². The zero-order chi connectivity index (χ0) is 10.3. The number of fused-ring (bicyclic) bond motifs is 1. The van der Waals surface area contributed by atoms with Gasteiger partial charge < -0.3 is 9.73 Å². The van der Waals surface area contributed by atoms with Gasteiger partial charge in [-0.2, -0.15) is 5.10 Å². The second kappa shape index (κ2) is 3.20. The second-order valence-corrected chi connectivity index (χ2v) is 3.66. The van der Waals surface area contributed by atoms with Gasteiger partial charge in [0, 0.05) is 37.8 Å². The van der Waals surface area contributed by atoms with E-state index in [1.807, 2.05) is 11.7 Å². The Morgan fingerprint density at radius 2 is 2.47 bits per heavy atom. The first-order valence-corrected chi connectivity index (χ1v) is 5.01. The molecule has 0 bridgehead atoms. The largest absolute Gasteiger partial charge is 0.443 e. The van der Waals surface area contributed by atoms with Crippen molar-refractivity contribution in [2.24, 2.45) is 7.05 Å². The molecule has 0 atom stereocenters. The van der Waals surface area contributed by atoms with Crippen LogP contribution >= 0.6 is 0 Å². The highest BCUT2D eigenvalue weighted by Crippen LogP contribution is 2.25. The van der Waals surface area contributed by atoms with Gasteiger partial charge in [0.2, 0.25) is 5.89 Å². The number of nitrogens with one attached hydrogen (secondary N) is 1. The lowest BCUT2D eigenvalue weighted by molar-refractivity contribution is 0.568. The van der Waals surface area contributed by atoms with E-state index >= 15 is 0 Å². The summed E-state index contributed by atoms with van der Waals surface area (Å²) in [5, 5.41) is 7.79. The third kappa shape index (κ3) is 1.27. The van der Waals surface area contributed by atoms with Crippen LogP contribution in [-0.4, -0.2) is 21.3 Å². The molecule has 1 aliphatic rings. The Balaban J connectivity index is 2.16. The molecule has 78 valence electrons. The maximum absolute atomic E-state index is 5.28. The molecule has 3 rings (SSSR count). The van der Waals surface area contributed by atoms with Gasteiger partial charge in [-0.15, -0.1) is 0 Å². The summed E-state index contributed by atoms with van der Waals surface area (Å²) in [4.78, 5) is 4.14. The summed E-state index contributed by atoms with van der Waals surface area (Å²) in [7, 11) is 1.97. The Hall–Kier alpha value is -1.62. The van der Waals surface area contributed by atoms with E-state index in [2.05, 4.69) is 15.4 Å². The van der Waals surface area contributed by atoms with Crippen molar-refractivity contribution in [3.8, 4) is 11.6 Å². The second-order valence-electron chi connectivity index (χ2n) is 3.66. The summed E-state index contributed by atoms with van der Waals surface area (Å²) in [5.74, 6) is 0.607. The van der Waals surface area contributed by atoms with E-state index in [0.717, 1.165) is 25.2 Å². The molecule has 0 aliphatic carbocycles. The Kier molecular flexibility index (Phi) is 1.85. The van der Waals surface area contributed by atoms with Gasteiger partial charge in [0.15, 0.2) is 5.69 Å². The van der Waals surface area contributed by atoms with E-state index in [1.165, 1.54) is 11.3 Å². The highest BCUT2D eigenvalue weighted by atomic mass is 16.3. The fourth-order valence-corrected chi connectivity index (χ4v) is 2.03. The molecule has 0 saturated heterocycles. The summed E-state index contributed by atoms with van der Waals surface area (Å²) in [6.45, 7) is 1.86. The summed E-state index contributed by atoms with van der Waals surface area (Å²) in [5.41, 5.74) is 3.36. The fourth-order valence-electron chi connectivity index (χ4n) is 2.03. The standard InChI is InChI=1S/C10H12N4O/c1-14-8-2-3-11-6-7(8)9(13-14)10-12-4-5-15-10/h4-5,11H,2-3,6H2,1H3. The highest BCUT2D eigenvalue weighted by Gasteiger charge is 2.21. The average Bonchev–Trinajstić information content (AvgIpc) is 2.87. The lowest BCUT2D eigenvalue weighted by atomic mass is 10.1. The van der Waals surface area contributed by atoms with Crippen LogP contribution in [0.3, 0.4) is 0 Å². The molecule has 0 unspecified atom stereocenters. The van der Waals surface area contributed by atoms with Gasteiger partial charge in [-0.05, 0) is 0 Å². The minimum atomic E-state index is 0.607. The molecular formula is C10H12N4O. The number of hydrogen-bond donors (Lipinski definition) is 1. The zero-order valence-corrected chi connectivity index (χ0v) is 8.53. The van der Waals surface area contributed by atoms with E-state index in [4.69, 9.17) is 4.42 Å². The van der Waals surface area contributed by atoms with Crippen LogP contribution in [0.15, 0.2) is 16.9 Å². The number of aromatic nitrogens is 3. The average molecular weight is 204 g/mol. The maximum Gasteiger partial charge on any atom is 0.247 e. The number of nitrogens with zero attached hydrogens (tertiary/aromatic N) is 3. The van der Waals surface area contributed by atoms with Crippen LogP contribution in [0.2, 0.25) is 0 Å². The molecule has 15 heavy (non-hydrogen) atoms. The van der Waals surface area contributed by atoms with Crippen LogP contribution in [0, 0.1) is 0 Å². The Morgan fingerprint density at radius 3 is 3.27 bits per heavy atom. The molecule has 1 N–H and O–H groups in total. The SMILES string of the molecule is Cn1nc(-c2ncco2)c2c1CCNC2. The third-order valence-corrected chi connectivity index (χ3v) is 2.75. The van der Waals surface area contributed by atoms with Crippen molar-refractivity contribution in [1.29, 1.82) is 0 Å². The normalized spacial score (nSPS) is 15.3. The van der Waals surface area contributed by atoms with Gasteiger partial charge >= 0.3 is 0 Å². The van der Waals surface area contributed by atoms with Crippen molar-refractivity contribution in [2.75, 3.05) is 6.54 Å². The summed E-state index contributed by atoms with van der Waals surface area (Å²) in [6, 6.07) is 0. The third-order valence-electron chi connectivity index (χ3n) is 2.75. The van der Waals surface area contributed by atoms with Gasteiger partial charge in [0.25, 0.3) is 0 Å². The van der Waals surface area contributed by atoms with Gasteiger partial charge in [-0.1, -0.05) is 0 Å². The van der Waals surface area contributed by atoms with Crippen molar-refractivity contribution in [2.45, 2.75) is 13.0 Å². The Labute approximate surface area is 87.1 Å². The van der Waals surface area contributed by atoms with Gasteiger partial charge in [-0.3, -0.25) is 4.68 Å². The topological polar surface area (TPSA) is 55.9 Å². The van der Waals surface area contributed by atoms with E-state index in [0.29, 0.717) is 5.89 Å². The molecular weight excluding hydrogens is 192 g/mol. The fraction of sp³-hybridized carbons (Fsp3) is 0.400. The van der Waals surface area contributed by atoms with Crippen LogP contribution in [0.25, 0.3) is 11.6 Å². The number of aryl methyl sites for hydroxylation is 1. The Morgan fingerprint density at radius 1 is 1.53 bits per heavy atom. The van der Waals surface area contributed by atoms with E-state index < -0.39 is 0 Å². The molecule has 5 nitrogen and oxygen atoms in total. The van der Waals surface area contributed by atoms with Crippen molar-refractivity contribution in [1.82, 2.24) is 20.1 Å². The summed E-state index contributed by atoms with van der Waals surface area (Å²) in [6.07, 6.45) is 4.23. The van der Waals surface area contributed by atoms with Crippen molar-refractivity contribution in [3.05, 3.63) is 23.7 Å². The molecule has 0 radical (unpaired) electrons. The van der Waals surface area contributed by atoms with Crippen LogP contribution in [0.1, 0.15) is 11.3 Å². The minimum Gasteiger partial charge on any atom is -0.443 e. The molecule has 0 amide bonds. The van der Waals surface area contributed by atoms with Crippen LogP contribution in [0.5, 0.6) is 0 Å². The Bertz CT molecular complexity index is 472. The van der Waals surface area contributed by atoms with E-state index in [9.17, 15) is 0 Å². The van der Waals surface area contributed by atoms with Crippen LogP contribution < -0.4 is 5.32 Å². The predicted octanol–water partition coefficient (Wildman–Crippen LogP) is 0.721. The lowest BCUT2D eigenvalue weighted by Crippen LogP contribution is -2.24. The molecule has 2 aromatic heterocycles. The predicted molar refractivity (Wildman–Crippen MR) is 54.1 cm³/mol. The number of hydrogen-bond acceptors (Lipinski definition) is 4. The number of rotatable bonds is 1. The minimum absolute atomic E-state index is 0.607. The molecule has 0 spiro atoms. The van der Waals surface area contributed by atoms with Crippen LogP contribution in [-0.2, 0) is 20.0 Å². The van der Waals surface area contributed by atoms with Crippen molar-refractivity contribution < 1.29 is 4.42 Å². The first-order valence-electron chi connectivity index (χ1n) is 5.01. The van der Waals surface area contributed by atoms with Gasteiger partial charge in [0.1, 0.15) is 6.26 Å². The smallest absolute Gasteiger partial charge is 0.247 e. The van der Waals surface area contributed by atoms with E-state index in [1.54, 1.807) is 12.5 Å². The number of oxazole rings is 1. The van der Waals surface area contributed by atoms with Crippen molar-refractivity contribution >= 4 is 0 Å². The first kappa shape index (κ1) is 8.67. The van der Waals surface area contributed by atoms with Crippen molar-refractivity contribution in [3.63, 3.8) is 0 Å².